The number of carbonyl (C=O) groups is 2. The van der Waals surface area contributed by atoms with Crippen LogP contribution in [0.2, 0.25) is 0 Å². The zero-order valence-electron chi connectivity index (χ0n) is 15.7. The lowest BCUT2D eigenvalue weighted by Crippen LogP contribution is -2.34. The van der Waals surface area contributed by atoms with Gasteiger partial charge in [-0.05, 0) is 19.3 Å². The smallest absolute Gasteiger partial charge is 0.228 e. The van der Waals surface area contributed by atoms with Crippen LogP contribution in [0.25, 0.3) is 0 Å². The van der Waals surface area contributed by atoms with E-state index in [1.165, 1.54) is 39.2 Å². The van der Waals surface area contributed by atoms with Crippen LogP contribution in [0.15, 0.2) is 23.2 Å². The minimum atomic E-state index is -0.509. The largest absolute Gasteiger partial charge is 0.504 e. The SMILES string of the molecule is CCC1(C2=C(O)C(=O)C=C(OC)C2=O)CCCCCCCCCCC1. The number of allylic oxidation sites excluding steroid dienone is 2. The molecule has 2 rings (SSSR count). The predicted octanol–water partition coefficient (Wildman–Crippen LogP) is 5.18. The fourth-order valence-corrected chi connectivity index (χ4v) is 4.32. The fourth-order valence-electron chi connectivity index (χ4n) is 4.32. The topological polar surface area (TPSA) is 63.6 Å². The summed E-state index contributed by atoms with van der Waals surface area (Å²) < 4.78 is 5.12. The maximum Gasteiger partial charge on any atom is 0.228 e. The highest BCUT2D eigenvalue weighted by atomic mass is 16.5. The Morgan fingerprint density at radius 2 is 1.44 bits per heavy atom. The third kappa shape index (κ3) is 4.53. The Morgan fingerprint density at radius 3 is 1.88 bits per heavy atom. The van der Waals surface area contributed by atoms with Gasteiger partial charge in [-0.15, -0.1) is 0 Å². The lowest BCUT2D eigenvalue weighted by atomic mass is 9.67. The normalized spacial score (nSPS) is 23.5. The van der Waals surface area contributed by atoms with Crippen LogP contribution in [-0.2, 0) is 14.3 Å². The molecule has 0 saturated heterocycles. The first kappa shape index (κ1) is 19.7. The second kappa shape index (κ2) is 9.21. The van der Waals surface area contributed by atoms with Gasteiger partial charge in [-0.1, -0.05) is 64.7 Å². The number of rotatable bonds is 3. The molecular formula is C21H32O4. The number of Topliss-reactive ketones (excluding diaryl/α,β-unsaturated/α-hetero) is 1. The molecule has 0 atom stereocenters. The number of ether oxygens (including phenoxy) is 1. The predicted molar refractivity (Wildman–Crippen MR) is 98.3 cm³/mol. The molecule has 0 bridgehead atoms. The summed E-state index contributed by atoms with van der Waals surface area (Å²) in [5.41, 5.74) is -0.120. The molecule has 0 amide bonds. The van der Waals surface area contributed by atoms with Crippen molar-refractivity contribution in [3.63, 3.8) is 0 Å². The van der Waals surface area contributed by atoms with E-state index < -0.39 is 11.2 Å². The highest BCUT2D eigenvalue weighted by Crippen LogP contribution is 2.46. The van der Waals surface area contributed by atoms with Gasteiger partial charge in [0.15, 0.2) is 11.5 Å². The Kier molecular flexibility index (Phi) is 7.27. The number of aliphatic hydroxyl groups is 1. The van der Waals surface area contributed by atoms with Gasteiger partial charge in [-0.25, -0.2) is 0 Å². The van der Waals surface area contributed by atoms with Crippen LogP contribution in [0.3, 0.4) is 0 Å². The highest BCUT2D eigenvalue weighted by molar-refractivity contribution is 6.21. The molecule has 0 unspecified atom stereocenters. The summed E-state index contributed by atoms with van der Waals surface area (Å²) in [5, 5.41) is 10.5. The third-order valence-electron chi connectivity index (χ3n) is 5.92. The molecule has 2 aliphatic carbocycles. The summed E-state index contributed by atoms with van der Waals surface area (Å²) in [4.78, 5) is 25.1. The summed E-state index contributed by atoms with van der Waals surface area (Å²) in [7, 11) is 1.40. The molecule has 1 saturated carbocycles. The molecule has 0 radical (unpaired) electrons. The second-order valence-electron chi connectivity index (χ2n) is 7.45. The quantitative estimate of drug-likeness (QED) is 0.714. The van der Waals surface area contributed by atoms with Gasteiger partial charge in [0.2, 0.25) is 11.6 Å². The average molecular weight is 348 g/mol. The maximum absolute atomic E-state index is 12.9. The zero-order valence-corrected chi connectivity index (χ0v) is 15.7. The van der Waals surface area contributed by atoms with Crippen molar-refractivity contribution in [1.29, 1.82) is 0 Å². The molecule has 25 heavy (non-hydrogen) atoms. The van der Waals surface area contributed by atoms with Crippen molar-refractivity contribution in [2.75, 3.05) is 7.11 Å². The minimum Gasteiger partial charge on any atom is -0.504 e. The Labute approximate surface area is 151 Å². The molecule has 1 N–H and O–H groups in total. The fraction of sp³-hybridized carbons (Fsp3) is 0.714. The number of hydrogen-bond acceptors (Lipinski definition) is 4. The molecule has 1 fully saturated rings. The van der Waals surface area contributed by atoms with Crippen LogP contribution in [0, 0.1) is 5.41 Å². The molecule has 0 heterocycles. The van der Waals surface area contributed by atoms with Crippen molar-refractivity contribution in [3.8, 4) is 0 Å². The Bertz CT molecular complexity index is 544. The van der Waals surface area contributed by atoms with Crippen LogP contribution >= 0.6 is 0 Å². The molecule has 2 aliphatic rings. The summed E-state index contributed by atoms with van der Waals surface area (Å²) >= 11 is 0. The molecule has 0 aromatic carbocycles. The molecule has 0 spiro atoms. The highest BCUT2D eigenvalue weighted by Gasteiger charge is 2.43. The molecular weight excluding hydrogens is 316 g/mol. The molecule has 4 nitrogen and oxygen atoms in total. The number of methoxy groups -OCH3 is 1. The zero-order chi connectivity index (χ0) is 18.3. The van der Waals surface area contributed by atoms with Gasteiger partial charge in [-0.2, -0.15) is 0 Å². The van der Waals surface area contributed by atoms with E-state index in [0.29, 0.717) is 5.57 Å². The van der Waals surface area contributed by atoms with E-state index in [9.17, 15) is 14.7 Å². The first-order valence-electron chi connectivity index (χ1n) is 9.84. The van der Waals surface area contributed by atoms with Gasteiger partial charge in [0.1, 0.15) is 0 Å². The standard InChI is InChI=1S/C21H32O4/c1-3-21(13-11-9-7-5-4-6-8-10-12-14-21)18-19(23)16(22)15-17(25-2)20(18)24/h15,23H,3-14H2,1-2H3. The van der Waals surface area contributed by atoms with Crippen LogP contribution < -0.4 is 0 Å². The Hall–Kier alpha value is -1.58. The van der Waals surface area contributed by atoms with E-state index in [1.807, 2.05) is 0 Å². The van der Waals surface area contributed by atoms with Crippen LogP contribution in [-0.4, -0.2) is 23.8 Å². The average Bonchev–Trinajstić information content (AvgIpc) is 2.60. The van der Waals surface area contributed by atoms with Crippen molar-refractivity contribution < 1.29 is 19.4 Å². The number of aliphatic hydroxyl groups excluding tert-OH is 1. The molecule has 4 heteroatoms. The van der Waals surface area contributed by atoms with Gasteiger partial charge >= 0.3 is 0 Å². The lowest BCUT2D eigenvalue weighted by Gasteiger charge is -2.36. The monoisotopic (exact) mass is 348 g/mol. The van der Waals surface area contributed by atoms with Gasteiger partial charge < -0.3 is 9.84 Å². The van der Waals surface area contributed by atoms with E-state index in [0.717, 1.165) is 51.0 Å². The van der Waals surface area contributed by atoms with Gasteiger partial charge in [0, 0.05) is 11.5 Å². The first-order chi connectivity index (χ1) is 12.1. The second-order valence-corrected chi connectivity index (χ2v) is 7.45. The van der Waals surface area contributed by atoms with Crippen LogP contribution in [0.1, 0.15) is 84.0 Å². The van der Waals surface area contributed by atoms with E-state index in [2.05, 4.69) is 6.92 Å². The van der Waals surface area contributed by atoms with Gasteiger partial charge in [-0.3, -0.25) is 9.59 Å². The molecule has 140 valence electrons. The molecule has 0 aromatic rings. The van der Waals surface area contributed by atoms with Crippen molar-refractivity contribution in [1.82, 2.24) is 0 Å². The molecule has 0 aliphatic heterocycles. The number of hydrogen-bond donors (Lipinski definition) is 1. The summed E-state index contributed by atoms with van der Waals surface area (Å²) in [6, 6.07) is 0. The third-order valence-corrected chi connectivity index (χ3v) is 5.92. The minimum absolute atomic E-state index is 0.0525. The van der Waals surface area contributed by atoms with Crippen LogP contribution in [0.4, 0.5) is 0 Å². The van der Waals surface area contributed by atoms with Gasteiger partial charge in [0.25, 0.3) is 0 Å². The Balaban J connectivity index is 2.34. The van der Waals surface area contributed by atoms with E-state index in [1.54, 1.807) is 0 Å². The first-order valence-corrected chi connectivity index (χ1v) is 9.84. The maximum atomic E-state index is 12.9. The van der Waals surface area contributed by atoms with Crippen molar-refractivity contribution in [2.24, 2.45) is 5.41 Å². The van der Waals surface area contributed by atoms with Crippen LogP contribution in [0.5, 0.6) is 0 Å². The van der Waals surface area contributed by atoms with Crippen molar-refractivity contribution in [3.05, 3.63) is 23.2 Å². The number of ketones is 2. The van der Waals surface area contributed by atoms with E-state index >= 15 is 0 Å². The summed E-state index contributed by atoms with van der Waals surface area (Å²) in [6.07, 6.45) is 14.2. The van der Waals surface area contributed by atoms with Crippen molar-refractivity contribution in [2.45, 2.75) is 84.0 Å². The lowest BCUT2D eigenvalue weighted by molar-refractivity contribution is -0.121. The number of carbonyl (C=O) groups excluding carboxylic acids is 2. The summed E-state index contributed by atoms with van der Waals surface area (Å²) in [5.74, 6) is -1.13. The van der Waals surface area contributed by atoms with E-state index in [-0.39, 0.29) is 17.3 Å². The van der Waals surface area contributed by atoms with E-state index in [4.69, 9.17) is 4.74 Å². The molecule has 0 aromatic heterocycles. The summed E-state index contributed by atoms with van der Waals surface area (Å²) in [6.45, 7) is 2.06. The Morgan fingerprint density at radius 1 is 0.960 bits per heavy atom. The van der Waals surface area contributed by atoms with Gasteiger partial charge in [0.05, 0.1) is 12.7 Å². The van der Waals surface area contributed by atoms with Crippen molar-refractivity contribution >= 4 is 11.6 Å².